The van der Waals surface area contributed by atoms with Crippen molar-refractivity contribution in [1.82, 2.24) is 29.7 Å². The molecule has 0 saturated heterocycles. The van der Waals surface area contributed by atoms with Crippen molar-refractivity contribution < 1.29 is 4.74 Å². The van der Waals surface area contributed by atoms with Gasteiger partial charge in [0, 0.05) is 0 Å². The van der Waals surface area contributed by atoms with Crippen LogP contribution in [0.4, 0.5) is 0 Å². The van der Waals surface area contributed by atoms with Gasteiger partial charge in [0.05, 0.1) is 0 Å². The number of hydrogen-bond donors (Lipinski definition) is 0. The smallest absolute Gasteiger partial charge is 0.322 e. The Morgan fingerprint density at radius 3 is 2.70 bits per heavy atom. The zero-order valence-corrected chi connectivity index (χ0v) is 11.0. The molecule has 2 aromatic heterocycles. The van der Waals surface area contributed by atoms with Gasteiger partial charge >= 0.3 is 6.01 Å². The van der Waals surface area contributed by atoms with Gasteiger partial charge in [-0.2, -0.15) is 24.7 Å². The van der Waals surface area contributed by atoms with Gasteiger partial charge in [0.15, 0.2) is 0 Å². The summed E-state index contributed by atoms with van der Waals surface area (Å²) in [5.74, 6) is 0.255. The predicted molar refractivity (Wildman–Crippen MR) is 70.5 cm³/mol. The van der Waals surface area contributed by atoms with Crippen LogP contribution in [0.5, 0.6) is 6.01 Å². The fourth-order valence-electron chi connectivity index (χ4n) is 1.52. The summed E-state index contributed by atoms with van der Waals surface area (Å²) >= 11 is 5.84. The lowest BCUT2D eigenvalue weighted by Gasteiger charge is -2.05. The molecule has 0 N–H and O–H groups in total. The number of nitrogens with zero attached hydrogens (tertiary/aromatic N) is 6. The van der Waals surface area contributed by atoms with Gasteiger partial charge in [-0.05, 0) is 17.2 Å². The number of halogens is 1. The molecular weight excluding hydrogens is 280 g/mol. The van der Waals surface area contributed by atoms with Gasteiger partial charge in [-0.15, -0.1) is 0 Å². The number of hydrogen-bond acceptors (Lipinski definition) is 6. The molecule has 7 nitrogen and oxygen atoms in total. The normalized spacial score (nSPS) is 10.4. The van der Waals surface area contributed by atoms with E-state index in [1.165, 1.54) is 17.3 Å². The second-order valence-electron chi connectivity index (χ2n) is 3.80. The third-order valence-electron chi connectivity index (χ3n) is 2.41. The Morgan fingerprint density at radius 1 is 1.10 bits per heavy atom. The highest BCUT2D eigenvalue weighted by Crippen LogP contribution is 2.12. The molecule has 3 aromatic rings. The first kappa shape index (κ1) is 12.5. The number of benzene rings is 1. The molecule has 0 amide bonds. The van der Waals surface area contributed by atoms with E-state index in [-0.39, 0.29) is 17.2 Å². The summed E-state index contributed by atoms with van der Waals surface area (Å²) in [4.78, 5) is 15.8. The Labute approximate surface area is 119 Å². The van der Waals surface area contributed by atoms with Crippen molar-refractivity contribution in [2.45, 2.75) is 6.61 Å². The Kier molecular flexibility index (Phi) is 3.51. The highest BCUT2D eigenvalue weighted by atomic mass is 35.5. The van der Waals surface area contributed by atoms with Gasteiger partial charge in [0.1, 0.15) is 19.3 Å². The maximum atomic E-state index is 5.84. The first-order chi connectivity index (χ1) is 9.81. The standard InChI is InChI=1S/C12H9ClN6O/c13-10-16-11(19-8-14-7-15-19)18-12(17-10)20-6-9-4-2-1-3-5-9/h1-5,7-8H,6H2. The van der Waals surface area contributed by atoms with Crippen LogP contribution in [0.25, 0.3) is 5.95 Å². The second kappa shape index (κ2) is 5.62. The molecule has 100 valence electrons. The van der Waals surface area contributed by atoms with Crippen LogP contribution in [-0.4, -0.2) is 29.7 Å². The van der Waals surface area contributed by atoms with Crippen molar-refractivity contribution in [1.29, 1.82) is 0 Å². The molecule has 0 atom stereocenters. The zero-order chi connectivity index (χ0) is 13.8. The maximum absolute atomic E-state index is 5.84. The fraction of sp³-hybridized carbons (Fsp3) is 0.0833. The number of aromatic nitrogens is 6. The van der Waals surface area contributed by atoms with Crippen molar-refractivity contribution in [3.8, 4) is 12.0 Å². The van der Waals surface area contributed by atoms with Gasteiger partial charge in [0.25, 0.3) is 5.95 Å². The van der Waals surface area contributed by atoms with Crippen LogP contribution in [0.1, 0.15) is 5.56 Å². The van der Waals surface area contributed by atoms with E-state index >= 15 is 0 Å². The largest absolute Gasteiger partial charge is 0.458 e. The minimum atomic E-state index is 0.0357. The Bertz CT molecular complexity index is 688. The molecule has 3 rings (SSSR count). The molecule has 0 saturated carbocycles. The van der Waals surface area contributed by atoms with E-state index < -0.39 is 0 Å². The van der Waals surface area contributed by atoms with Crippen molar-refractivity contribution in [2.75, 3.05) is 0 Å². The summed E-state index contributed by atoms with van der Waals surface area (Å²) in [6, 6.07) is 9.83. The third-order valence-corrected chi connectivity index (χ3v) is 2.58. The van der Waals surface area contributed by atoms with Crippen LogP contribution in [0.2, 0.25) is 5.28 Å². The molecule has 0 spiro atoms. The second-order valence-corrected chi connectivity index (χ2v) is 4.14. The Morgan fingerprint density at radius 2 is 1.95 bits per heavy atom. The molecule has 0 bridgehead atoms. The molecule has 0 fully saturated rings. The Balaban J connectivity index is 1.80. The SMILES string of the molecule is Clc1nc(OCc2ccccc2)nc(-n2cncn2)n1. The monoisotopic (exact) mass is 288 g/mol. The maximum Gasteiger partial charge on any atom is 0.322 e. The van der Waals surface area contributed by atoms with Crippen LogP contribution >= 0.6 is 11.6 Å². The van der Waals surface area contributed by atoms with E-state index in [1.807, 2.05) is 30.3 Å². The minimum absolute atomic E-state index is 0.0357. The van der Waals surface area contributed by atoms with Crippen molar-refractivity contribution >= 4 is 11.6 Å². The molecule has 8 heteroatoms. The van der Waals surface area contributed by atoms with Crippen LogP contribution in [-0.2, 0) is 6.61 Å². The first-order valence-corrected chi connectivity index (χ1v) is 6.12. The fourth-order valence-corrected chi connectivity index (χ4v) is 1.67. The van der Waals surface area contributed by atoms with E-state index in [2.05, 4.69) is 25.0 Å². The molecule has 0 aliphatic carbocycles. The summed E-state index contributed by atoms with van der Waals surface area (Å²) in [7, 11) is 0. The van der Waals surface area contributed by atoms with Crippen LogP contribution in [0, 0.1) is 0 Å². The summed E-state index contributed by atoms with van der Waals surface area (Å²) < 4.78 is 6.88. The quantitative estimate of drug-likeness (QED) is 0.727. The van der Waals surface area contributed by atoms with E-state index in [4.69, 9.17) is 16.3 Å². The van der Waals surface area contributed by atoms with E-state index in [0.717, 1.165) is 5.56 Å². The Hall–Kier alpha value is -2.54. The van der Waals surface area contributed by atoms with Crippen molar-refractivity contribution in [3.05, 3.63) is 53.8 Å². The van der Waals surface area contributed by atoms with Crippen molar-refractivity contribution in [3.63, 3.8) is 0 Å². The lowest BCUT2D eigenvalue weighted by molar-refractivity contribution is 0.279. The highest BCUT2D eigenvalue weighted by Gasteiger charge is 2.08. The zero-order valence-electron chi connectivity index (χ0n) is 10.2. The average Bonchev–Trinajstić information content (AvgIpc) is 3.00. The minimum Gasteiger partial charge on any atom is -0.458 e. The lowest BCUT2D eigenvalue weighted by atomic mass is 10.2. The highest BCUT2D eigenvalue weighted by molar-refractivity contribution is 6.28. The summed E-state index contributed by atoms with van der Waals surface area (Å²) in [5, 5.41) is 3.96. The molecule has 2 heterocycles. The summed E-state index contributed by atoms with van der Waals surface area (Å²) in [5.41, 5.74) is 1.01. The third kappa shape index (κ3) is 2.89. The molecule has 1 aromatic carbocycles. The van der Waals surface area contributed by atoms with E-state index in [1.54, 1.807) is 0 Å². The predicted octanol–water partition coefficient (Wildman–Crippen LogP) is 1.68. The molecule has 20 heavy (non-hydrogen) atoms. The molecule has 0 aliphatic heterocycles. The molecular formula is C12H9ClN6O. The lowest BCUT2D eigenvalue weighted by Crippen LogP contribution is -2.07. The first-order valence-electron chi connectivity index (χ1n) is 5.74. The van der Waals surface area contributed by atoms with Crippen LogP contribution in [0.3, 0.4) is 0 Å². The molecule has 0 unspecified atom stereocenters. The number of ether oxygens (including phenoxy) is 1. The van der Waals surface area contributed by atoms with Gasteiger partial charge in [-0.3, -0.25) is 0 Å². The van der Waals surface area contributed by atoms with Crippen molar-refractivity contribution in [2.24, 2.45) is 0 Å². The average molecular weight is 289 g/mol. The van der Waals surface area contributed by atoms with Gasteiger partial charge in [-0.25, -0.2) is 4.98 Å². The van der Waals surface area contributed by atoms with Gasteiger partial charge in [0.2, 0.25) is 5.28 Å². The summed E-state index contributed by atoms with van der Waals surface area (Å²) in [6.07, 6.45) is 2.84. The van der Waals surface area contributed by atoms with Gasteiger partial charge in [-0.1, -0.05) is 30.3 Å². The number of rotatable bonds is 4. The summed E-state index contributed by atoms with van der Waals surface area (Å²) in [6.45, 7) is 0.345. The topological polar surface area (TPSA) is 78.6 Å². The van der Waals surface area contributed by atoms with Crippen LogP contribution in [0.15, 0.2) is 43.0 Å². The van der Waals surface area contributed by atoms with Crippen LogP contribution < -0.4 is 4.74 Å². The molecule has 0 aliphatic rings. The van der Waals surface area contributed by atoms with E-state index in [0.29, 0.717) is 6.61 Å². The van der Waals surface area contributed by atoms with Gasteiger partial charge < -0.3 is 4.74 Å². The van der Waals surface area contributed by atoms with E-state index in [9.17, 15) is 0 Å². The molecule has 0 radical (unpaired) electrons.